The molecule has 1 aromatic carbocycles. The van der Waals surface area contributed by atoms with Gasteiger partial charge in [0.2, 0.25) is 5.91 Å². The molecule has 2 N–H and O–H groups in total. The fourth-order valence-electron chi connectivity index (χ4n) is 1.84. The maximum Gasteiger partial charge on any atom is 0.331 e. The molecule has 0 aliphatic rings. The molecule has 6 heteroatoms. The second-order valence-corrected chi connectivity index (χ2v) is 5.42. The molecule has 0 aliphatic carbocycles. The van der Waals surface area contributed by atoms with Crippen LogP contribution in [0.1, 0.15) is 25.0 Å². The highest BCUT2D eigenvalue weighted by Gasteiger charge is 2.10. The number of hydrogen-bond donors (Lipinski definition) is 2. The van der Waals surface area contributed by atoms with Crippen molar-refractivity contribution >= 4 is 23.5 Å². The lowest BCUT2D eigenvalue weighted by molar-refractivity contribution is -0.144. The zero-order valence-corrected chi connectivity index (χ0v) is 13.9. The van der Waals surface area contributed by atoms with Gasteiger partial charge in [-0.05, 0) is 38.8 Å². The third kappa shape index (κ3) is 6.78. The molecular weight excluding hydrogens is 296 g/mol. The monoisotopic (exact) mass is 318 g/mol. The molecule has 0 heterocycles. The van der Waals surface area contributed by atoms with Gasteiger partial charge in [-0.25, -0.2) is 4.79 Å². The fraction of sp³-hybridized carbons (Fsp3) is 0.353. The van der Waals surface area contributed by atoms with Crippen molar-refractivity contribution < 1.29 is 19.1 Å². The average Bonchev–Trinajstić information content (AvgIpc) is 2.46. The van der Waals surface area contributed by atoms with Crippen molar-refractivity contribution in [3.05, 3.63) is 41.0 Å². The van der Waals surface area contributed by atoms with E-state index < -0.39 is 18.5 Å². The van der Waals surface area contributed by atoms with Crippen LogP contribution in [0.2, 0.25) is 0 Å². The number of carbonyl (C=O) groups is 3. The highest BCUT2D eigenvalue weighted by atomic mass is 16.5. The van der Waals surface area contributed by atoms with Crippen LogP contribution in [0.4, 0.5) is 5.69 Å². The van der Waals surface area contributed by atoms with Crippen LogP contribution in [0.3, 0.4) is 0 Å². The molecule has 0 aliphatic heterocycles. The summed E-state index contributed by atoms with van der Waals surface area (Å²) in [5.74, 6) is -1.45. The number of amides is 2. The fourth-order valence-corrected chi connectivity index (χ4v) is 1.84. The highest BCUT2D eigenvalue weighted by molar-refractivity contribution is 5.96. The summed E-state index contributed by atoms with van der Waals surface area (Å²) >= 11 is 0. The summed E-state index contributed by atoms with van der Waals surface area (Å²) in [5.41, 5.74) is 3.41. The van der Waals surface area contributed by atoms with Gasteiger partial charge in [-0.2, -0.15) is 0 Å². The Bertz CT molecular complexity index is 611. The van der Waals surface area contributed by atoms with Gasteiger partial charge < -0.3 is 15.4 Å². The quantitative estimate of drug-likeness (QED) is 0.619. The Morgan fingerprint density at radius 1 is 1.09 bits per heavy atom. The third-order valence-electron chi connectivity index (χ3n) is 2.94. The van der Waals surface area contributed by atoms with E-state index in [9.17, 15) is 14.4 Å². The smallest absolute Gasteiger partial charge is 0.331 e. The molecule has 0 unspecified atom stereocenters. The number of benzene rings is 1. The molecule has 0 atom stereocenters. The second kappa shape index (κ2) is 8.73. The molecule has 0 radical (unpaired) electrons. The highest BCUT2D eigenvalue weighted by Crippen LogP contribution is 2.18. The van der Waals surface area contributed by atoms with E-state index in [-0.39, 0.29) is 12.5 Å². The van der Waals surface area contributed by atoms with Crippen LogP contribution in [0.25, 0.3) is 0 Å². The first kappa shape index (κ1) is 18.4. The zero-order valence-electron chi connectivity index (χ0n) is 13.9. The van der Waals surface area contributed by atoms with E-state index in [0.717, 1.165) is 22.4 Å². The SMILES string of the molecule is CC(C)=CC(=O)OCC(=O)NCC(=O)Nc1c(C)cccc1C. The average molecular weight is 318 g/mol. The lowest BCUT2D eigenvalue weighted by atomic mass is 10.1. The summed E-state index contributed by atoms with van der Waals surface area (Å²) in [6.07, 6.45) is 1.29. The predicted molar refractivity (Wildman–Crippen MR) is 87.9 cm³/mol. The number of rotatable bonds is 6. The van der Waals surface area contributed by atoms with Gasteiger partial charge in [0, 0.05) is 11.8 Å². The van der Waals surface area contributed by atoms with Crippen LogP contribution in [0.15, 0.2) is 29.8 Å². The number of hydrogen-bond acceptors (Lipinski definition) is 4. The van der Waals surface area contributed by atoms with Crippen molar-refractivity contribution in [3.8, 4) is 0 Å². The molecule has 23 heavy (non-hydrogen) atoms. The van der Waals surface area contributed by atoms with Crippen LogP contribution >= 0.6 is 0 Å². The number of allylic oxidation sites excluding steroid dienone is 1. The Hall–Kier alpha value is -2.63. The Morgan fingerprint density at radius 3 is 2.26 bits per heavy atom. The standard InChI is InChI=1S/C17H22N2O4/c1-11(2)8-16(22)23-10-15(21)18-9-14(20)19-17-12(3)6-5-7-13(17)4/h5-8H,9-10H2,1-4H3,(H,18,21)(H,19,20). The lowest BCUT2D eigenvalue weighted by Crippen LogP contribution is -2.35. The molecule has 6 nitrogen and oxygen atoms in total. The van der Waals surface area contributed by atoms with Gasteiger partial charge in [0.1, 0.15) is 0 Å². The summed E-state index contributed by atoms with van der Waals surface area (Å²) in [5, 5.41) is 5.16. The molecule has 1 aromatic rings. The molecule has 0 bridgehead atoms. The lowest BCUT2D eigenvalue weighted by Gasteiger charge is -2.11. The molecule has 2 amide bonds. The molecule has 1 rings (SSSR count). The minimum absolute atomic E-state index is 0.188. The van der Waals surface area contributed by atoms with E-state index in [1.54, 1.807) is 13.8 Å². The van der Waals surface area contributed by atoms with Crippen LogP contribution in [-0.4, -0.2) is 30.9 Å². The number of para-hydroxylation sites is 1. The van der Waals surface area contributed by atoms with Crippen molar-refractivity contribution in [2.24, 2.45) is 0 Å². The summed E-state index contributed by atoms with van der Waals surface area (Å²) in [4.78, 5) is 34.7. The normalized spacial score (nSPS) is 9.74. The van der Waals surface area contributed by atoms with Crippen molar-refractivity contribution in [1.29, 1.82) is 0 Å². The first-order valence-electron chi connectivity index (χ1n) is 7.24. The van der Waals surface area contributed by atoms with Gasteiger partial charge >= 0.3 is 5.97 Å². The minimum atomic E-state index is -0.583. The summed E-state index contributed by atoms with van der Waals surface area (Å²) in [7, 11) is 0. The van der Waals surface area contributed by atoms with E-state index in [1.165, 1.54) is 6.08 Å². The Balaban J connectivity index is 2.40. The van der Waals surface area contributed by atoms with E-state index in [0.29, 0.717) is 0 Å². The molecule has 0 aromatic heterocycles. The molecular formula is C17H22N2O4. The number of esters is 1. The van der Waals surface area contributed by atoms with Crippen molar-refractivity contribution in [3.63, 3.8) is 0 Å². The zero-order chi connectivity index (χ0) is 17.4. The van der Waals surface area contributed by atoms with Crippen molar-refractivity contribution in [1.82, 2.24) is 5.32 Å². The van der Waals surface area contributed by atoms with E-state index >= 15 is 0 Å². The minimum Gasteiger partial charge on any atom is -0.452 e. The van der Waals surface area contributed by atoms with Gasteiger partial charge in [-0.3, -0.25) is 9.59 Å². The number of carbonyl (C=O) groups excluding carboxylic acids is 3. The first-order chi connectivity index (χ1) is 10.8. The number of nitrogens with one attached hydrogen (secondary N) is 2. The summed E-state index contributed by atoms with van der Waals surface area (Å²) in [6, 6.07) is 5.69. The van der Waals surface area contributed by atoms with Gasteiger partial charge in [0.05, 0.1) is 6.54 Å². The Labute approximate surface area is 135 Å². The molecule has 0 fully saturated rings. The largest absolute Gasteiger partial charge is 0.452 e. The second-order valence-electron chi connectivity index (χ2n) is 5.42. The topological polar surface area (TPSA) is 84.5 Å². The van der Waals surface area contributed by atoms with Gasteiger partial charge in [0.15, 0.2) is 6.61 Å². The number of ether oxygens (including phenoxy) is 1. The predicted octanol–water partition coefficient (Wildman–Crippen LogP) is 1.87. The molecule has 124 valence electrons. The molecule has 0 saturated carbocycles. The maximum atomic E-state index is 11.9. The van der Waals surface area contributed by atoms with Crippen LogP contribution < -0.4 is 10.6 Å². The van der Waals surface area contributed by atoms with E-state index in [2.05, 4.69) is 10.6 Å². The maximum absolute atomic E-state index is 11.9. The third-order valence-corrected chi connectivity index (χ3v) is 2.94. The van der Waals surface area contributed by atoms with Gasteiger partial charge in [-0.15, -0.1) is 0 Å². The van der Waals surface area contributed by atoms with Gasteiger partial charge in [0.25, 0.3) is 5.91 Å². The van der Waals surface area contributed by atoms with Crippen LogP contribution in [-0.2, 0) is 19.1 Å². The van der Waals surface area contributed by atoms with E-state index in [1.807, 2.05) is 32.0 Å². The number of aryl methyl sites for hydroxylation is 2. The summed E-state index contributed by atoms with van der Waals surface area (Å²) in [6.45, 7) is 6.68. The molecule has 0 saturated heterocycles. The Kier molecular flexibility index (Phi) is 6.99. The van der Waals surface area contributed by atoms with Crippen molar-refractivity contribution in [2.45, 2.75) is 27.7 Å². The van der Waals surface area contributed by atoms with Gasteiger partial charge in [-0.1, -0.05) is 23.8 Å². The number of anilines is 1. The van der Waals surface area contributed by atoms with E-state index in [4.69, 9.17) is 4.74 Å². The first-order valence-corrected chi connectivity index (χ1v) is 7.24. The molecule has 0 spiro atoms. The van der Waals surface area contributed by atoms with Crippen LogP contribution in [0.5, 0.6) is 0 Å². The Morgan fingerprint density at radius 2 is 1.70 bits per heavy atom. The summed E-state index contributed by atoms with van der Waals surface area (Å²) < 4.78 is 4.74. The van der Waals surface area contributed by atoms with Crippen molar-refractivity contribution in [2.75, 3.05) is 18.5 Å². The van der Waals surface area contributed by atoms with Crippen LogP contribution in [0, 0.1) is 13.8 Å².